The van der Waals surface area contributed by atoms with Crippen LogP contribution in [0.15, 0.2) is 24.5 Å². The summed E-state index contributed by atoms with van der Waals surface area (Å²) < 4.78 is 0. The third-order valence-corrected chi connectivity index (χ3v) is 3.46. The third-order valence-electron chi connectivity index (χ3n) is 3.46. The summed E-state index contributed by atoms with van der Waals surface area (Å²) in [6.07, 6.45) is 4.39. The fourth-order valence-corrected chi connectivity index (χ4v) is 2.27. The van der Waals surface area contributed by atoms with Crippen LogP contribution in [0.25, 0.3) is 0 Å². The van der Waals surface area contributed by atoms with Crippen LogP contribution >= 0.6 is 0 Å². The lowest BCUT2D eigenvalue weighted by molar-refractivity contribution is -0.117. The van der Waals surface area contributed by atoms with Crippen LogP contribution in [-0.4, -0.2) is 42.0 Å². The highest BCUT2D eigenvalue weighted by molar-refractivity contribution is 5.92. The first-order valence-electron chi connectivity index (χ1n) is 6.24. The molecular weight excluding hydrogens is 228 g/mol. The van der Waals surface area contributed by atoms with E-state index in [4.69, 9.17) is 5.73 Å². The predicted octanol–water partition coefficient (Wildman–Crippen LogP) is 0.691. The lowest BCUT2D eigenvalue weighted by atomic mass is 9.90. The molecule has 0 aliphatic carbocycles. The molecule has 1 saturated heterocycles. The van der Waals surface area contributed by atoms with Crippen molar-refractivity contribution in [3.05, 3.63) is 24.5 Å². The number of carbonyl (C=O) groups excluding carboxylic acids is 1. The van der Waals surface area contributed by atoms with E-state index in [-0.39, 0.29) is 11.3 Å². The zero-order valence-corrected chi connectivity index (χ0v) is 10.7. The van der Waals surface area contributed by atoms with Crippen LogP contribution in [0.5, 0.6) is 0 Å². The maximum Gasteiger partial charge on any atom is 0.238 e. The summed E-state index contributed by atoms with van der Waals surface area (Å²) in [4.78, 5) is 17.9. The minimum atomic E-state index is 0.0162. The Bertz CT molecular complexity index is 409. The van der Waals surface area contributed by atoms with Crippen molar-refractivity contribution >= 4 is 11.6 Å². The van der Waals surface area contributed by atoms with Gasteiger partial charge >= 0.3 is 0 Å². The molecule has 1 atom stereocenters. The second-order valence-corrected chi connectivity index (χ2v) is 5.26. The Morgan fingerprint density at radius 2 is 2.28 bits per heavy atom. The molecule has 0 saturated carbocycles. The Balaban J connectivity index is 1.82. The zero-order valence-electron chi connectivity index (χ0n) is 10.7. The number of nitrogens with two attached hydrogens (primary N) is 1. The van der Waals surface area contributed by atoms with E-state index in [0.29, 0.717) is 13.1 Å². The molecule has 1 aliphatic heterocycles. The maximum atomic E-state index is 11.9. The summed E-state index contributed by atoms with van der Waals surface area (Å²) in [5.41, 5.74) is 6.70. The van der Waals surface area contributed by atoms with Crippen molar-refractivity contribution in [2.24, 2.45) is 11.1 Å². The van der Waals surface area contributed by atoms with Crippen LogP contribution in [0.4, 0.5) is 5.69 Å². The SMILES string of the molecule is CC1(CN)CCN(CC(=O)Nc2ccncc2)C1. The van der Waals surface area contributed by atoms with Gasteiger partial charge in [0.05, 0.1) is 6.54 Å². The van der Waals surface area contributed by atoms with Crippen LogP contribution in [0.3, 0.4) is 0 Å². The van der Waals surface area contributed by atoms with E-state index in [1.54, 1.807) is 24.5 Å². The number of hydrogen-bond acceptors (Lipinski definition) is 4. The minimum absolute atomic E-state index is 0.0162. The van der Waals surface area contributed by atoms with Gasteiger partial charge < -0.3 is 11.1 Å². The Kier molecular flexibility index (Phi) is 3.93. The molecule has 1 amide bonds. The van der Waals surface area contributed by atoms with E-state index in [0.717, 1.165) is 25.2 Å². The standard InChI is InChI=1S/C13H20N4O/c1-13(9-14)4-7-17(10-13)8-12(18)16-11-2-5-15-6-3-11/h2-3,5-6H,4,7-10,14H2,1H3,(H,15,16,18). The molecule has 5 heteroatoms. The number of carbonyl (C=O) groups is 1. The first kappa shape index (κ1) is 13.0. The molecule has 1 aromatic rings. The molecule has 1 fully saturated rings. The van der Waals surface area contributed by atoms with Crippen molar-refractivity contribution in [2.45, 2.75) is 13.3 Å². The largest absolute Gasteiger partial charge is 0.330 e. The quantitative estimate of drug-likeness (QED) is 0.822. The summed E-state index contributed by atoms with van der Waals surface area (Å²) in [6.45, 7) is 5.12. The number of anilines is 1. The van der Waals surface area contributed by atoms with Gasteiger partial charge in [-0.2, -0.15) is 0 Å². The highest BCUT2D eigenvalue weighted by Crippen LogP contribution is 2.28. The van der Waals surface area contributed by atoms with E-state index < -0.39 is 0 Å². The second kappa shape index (κ2) is 5.46. The summed E-state index contributed by atoms with van der Waals surface area (Å²) in [7, 11) is 0. The first-order chi connectivity index (χ1) is 8.61. The Labute approximate surface area is 107 Å². The molecular formula is C13H20N4O. The number of nitrogens with one attached hydrogen (secondary N) is 1. The van der Waals surface area contributed by atoms with Gasteiger partial charge in [-0.3, -0.25) is 14.7 Å². The number of amides is 1. The molecule has 1 aliphatic rings. The number of likely N-dealkylation sites (tertiary alicyclic amines) is 1. The Morgan fingerprint density at radius 1 is 1.56 bits per heavy atom. The average Bonchev–Trinajstić information content (AvgIpc) is 2.73. The fourth-order valence-electron chi connectivity index (χ4n) is 2.27. The molecule has 1 unspecified atom stereocenters. The molecule has 0 aromatic carbocycles. The molecule has 5 nitrogen and oxygen atoms in total. The number of hydrogen-bond donors (Lipinski definition) is 2. The molecule has 0 bridgehead atoms. The van der Waals surface area contributed by atoms with Gasteiger partial charge in [-0.25, -0.2) is 0 Å². The Morgan fingerprint density at radius 3 is 2.89 bits per heavy atom. The van der Waals surface area contributed by atoms with Gasteiger partial charge in [0.25, 0.3) is 0 Å². The van der Waals surface area contributed by atoms with Crippen molar-refractivity contribution in [1.29, 1.82) is 0 Å². The van der Waals surface area contributed by atoms with Gasteiger partial charge in [0, 0.05) is 24.6 Å². The first-order valence-corrected chi connectivity index (χ1v) is 6.24. The number of rotatable bonds is 4. The van der Waals surface area contributed by atoms with Crippen LogP contribution in [0.1, 0.15) is 13.3 Å². The second-order valence-electron chi connectivity index (χ2n) is 5.26. The van der Waals surface area contributed by atoms with Crippen LogP contribution < -0.4 is 11.1 Å². The topological polar surface area (TPSA) is 71.2 Å². The van der Waals surface area contributed by atoms with Crippen LogP contribution in [0, 0.1) is 5.41 Å². The van der Waals surface area contributed by atoms with E-state index >= 15 is 0 Å². The normalized spacial score (nSPS) is 24.1. The fraction of sp³-hybridized carbons (Fsp3) is 0.538. The van der Waals surface area contributed by atoms with E-state index in [1.165, 1.54) is 0 Å². The van der Waals surface area contributed by atoms with Crippen molar-refractivity contribution in [3.8, 4) is 0 Å². The molecule has 3 N–H and O–H groups in total. The van der Waals surface area contributed by atoms with E-state index in [1.807, 2.05) is 0 Å². The highest BCUT2D eigenvalue weighted by Gasteiger charge is 2.32. The van der Waals surface area contributed by atoms with Crippen LogP contribution in [-0.2, 0) is 4.79 Å². The smallest absolute Gasteiger partial charge is 0.238 e. The summed E-state index contributed by atoms with van der Waals surface area (Å²) in [5.74, 6) is 0.0162. The molecule has 0 radical (unpaired) electrons. The zero-order chi connectivity index (χ0) is 13.0. The van der Waals surface area contributed by atoms with Gasteiger partial charge in [-0.05, 0) is 37.1 Å². The Hall–Kier alpha value is -1.46. The van der Waals surface area contributed by atoms with Crippen molar-refractivity contribution in [1.82, 2.24) is 9.88 Å². The molecule has 98 valence electrons. The van der Waals surface area contributed by atoms with E-state index in [9.17, 15) is 4.79 Å². The third kappa shape index (κ3) is 3.27. The molecule has 0 spiro atoms. The summed E-state index contributed by atoms with van der Waals surface area (Å²) in [5, 5.41) is 2.86. The number of aromatic nitrogens is 1. The van der Waals surface area contributed by atoms with Gasteiger partial charge in [0.1, 0.15) is 0 Å². The monoisotopic (exact) mass is 248 g/mol. The van der Waals surface area contributed by atoms with Crippen molar-refractivity contribution in [2.75, 3.05) is 31.5 Å². The minimum Gasteiger partial charge on any atom is -0.330 e. The van der Waals surface area contributed by atoms with Gasteiger partial charge in [0.15, 0.2) is 0 Å². The van der Waals surface area contributed by atoms with Crippen molar-refractivity contribution in [3.63, 3.8) is 0 Å². The molecule has 2 rings (SSSR count). The predicted molar refractivity (Wildman–Crippen MR) is 71.1 cm³/mol. The lowest BCUT2D eigenvalue weighted by Gasteiger charge is -2.22. The molecule has 18 heavy (non-hydrogen) atoms. The maximum absolute atomic E-state index is 11.9. The van der Waals surface area contributed by atoms with Crippen LogP contribution in [0.2, 0.25) is 0 Å². The van der Waals surface area contributed by atoms with Gasteiger partial charge in [-0.1, -0.05) is 6.92 Å². The van der Waals surface area contributed by atoms with E-state index in [2.05, 4.69) is 22.1 Å². The number of nitrogens with zero attached hydrogens (tertiary/aromatic N) is 2. The molecule has 1 aromatic heterocycles. The molecule has 2 heterocycles. The van der Waals surface area contributed by atoms with Gasteiger partial charge in [0.2, 0.25) is 5.91 Å². The number of pyridine rings is 1. The summed E-state index contributed by atoms with van der Waals surface area (Å²) in [6, 6.07) is 3.57. The van der Waals surface area contributed by atoms with Gasteiger partial charge in [-0.15, -0.1) is 0 Å². The summed E-state index contributed by atoms with van der Waals surface area (Å²) >= 11 is 0. The lowest BCUT2D eigenvalue weighted by Crippen LogP contribution is -2.35. The van der Waals surface area contributed by atoms with Crippen molar-refractivity contribution < 1.29 is 4.79 Å². The average molecular weight is 248 g/mol. The highest BCUT2D eigenvalue weighted by atomic mass is 16.2.